The van der Waals surface area contributed by atoms with Crippen LogP contribution < -0.4 is 9.47 Å². The Morgan fingerprint density at radius 3 is 2.68 bits per heavy atom. The zero-order valence-corrected chi connectivity index (χ0v) is 14.2. The molecule has 0 aromatic heterocycles. The fourth-order valence-corrected chi connectivity index (χ4v) is 3.29. The molecule has 25 heavy (non-hydrogen) atoms. The third kappa shape index (κ3) is 4.39. The Morgan fingerprint density at radius 2 is 2.12 bits per heavy atom. The van der Waals surface area contributed by atoms with Crippen LogP contribution in [0.2, 0.25) is 0 Å². The van der Waals surface area contributed by atoms with Crippen molar-refractivity contribution in [1.29, 1.82) is 0 Å². The predicted molar refractivity (Wildman–Crippen MR) is 86.9 cm³/mol. The largest absolute Gasteiger partial charge is 0.489 e. The van der Waals surface area contributed by atoms with E-state index in [-0.39, 0.29) is 30.2 Å². The van der Waals surface area contributed by atoms with Gasteiger partial charge < -0.3 is 19.5 Å². The second-order valence-corrected chi connectivity index (χ2v) is 6.78. The minimum Gasteiger partial charge on any atom is -0.489 e. The van der Waals surface area contributed by atoms with Gasteiger partial charge in [0.1, 0.15) is 0 Å². The van der Waals surface area contributed by atoms with E-state index in [1.54, 1.807) is 17.0 Å². The molecule has 5 nitrogen and oxygen atoms in total. The molecule has 1 amide bonds. The lowest BCUT2D eigenvalue weighted by Crippen LogP contribution is -2.35. The molecule has 0 spiro atoms. The highest BCUT2D eigenvalue weighted by Gasteiger charge is 2.34. The second-order valence-electron chi connectivity index (χ2n) is 6.78. The van der Waals surface area contributed by atoms with Gasteiger partial charge in [0, 0.05) is 19.4 Å². The molecule has 0 bridgehead atoms. The van der Waals surface area contributed by atoms with Crippen molar-refractivity contribution in [3.63, 3.8) is 0 Å². The summed E-state index contributed by atoms with van der Waals surface area (Å²) in [7, 11) is 0. The number of hydrogen-bond donors (Lipinski definition) is 1. The van der Waals surface area contributed by atoms with Crippen LogP contribution in [0.5, 0.6) is 11.5 Å². The highest BCUT2D eigenvalue weighted by molar-refractivity contribution is 5.74. The maximum atomic E-state index is 12.6. The molecule has 1 saturated carbocycles. The molecule has 1 saturated heterocycles. The number of halogens is 2. The van der Waals surface area contributed by atoms with E-state index in [9.17, 15) is 18.7 Å². The number of amides is 1. The molecule has 3 rings (SSSR count). The summed E-state index contributed by atoms with van der Waals surface area (Å²) in [5.41, 5.74) is 0.898. The van der Waals surface area contributed by atoms with Gasteiger partial charge in [0.05, 0.1) is 19.3 Å². The number of carbonyl (C=O) groups is 1. The molecule has 1 aliphatic heterocycles. The molecule has 138 valence electrons. The van der Waals surface area contributed by atoms with E-state index in [0.717, 1.165) is 18.4 Å². The van der Waals surface area contributed by atoms with Crippen LogP contribution in [0.25, 0.3) is 0 Å². The number of aliphatic hydroxyl groups is 1. The lowest BCUT2D eigenvalue weighted by Gasteiger charge is -2.20. The van der Waals surface area contributed by atoms with Crippen molar-refractivity contribution in [3.05, 3.63) is 23.8 Å². The summed E-state index contributed by atoms with van der Waals surface area (Å²) in [4.78, 5) is 13.4. The number of rotatable bonds is 7. The summed E-state index contributed by atoms with van der Waals surface area (Å²) in [6.07, 6.45) is 2.82. The molecule has 1 N–H and O–H groups in total. The average molecular weight is 355 g/mol. The van der Waals surface area contributed by atoms with Gasteiger partial charge in [-0.05, 0) is 42.9 Å². The quantitative estimate of drug-likeness (QED) is 0.817. The molecule has 2 fully saturated rings. The van der Waals surface area contributed by atoms with Crippen LogP contribution in [0.3, 0.4) is 0 Å². The Morgan fingerprint density at radius 1 is 1.36 bits per heavy atom. The number of ether oxygens (including phenoxy) is 2. The highest BCUT2D eigenvalue weighted by atomic mass is 19.3. The number of carbonyl (C=O) groups excluding carboxylic acids is 1. The van der Waals surface area contributed by atoms with Crippen molar-refractivity contribution in [3.8, 4) is 11.5 Å². The number of benzene rings is 1. The van der Waals surface area contributed by atoms with Gasteiger partial charge in [0.2, 0.25) is 5.91 Å². The maximum absolute atomic E-state index is 12.6. The van der Waals surface area contributed by atoms with Crippen molar-refractivity contribution in [1.82, 2.24) is 4.90 Å². The highest BCUT2D eigenvalue weighted by Crippen LogP contribution is 2.38. The van der Waals surface area contributed by atoms with Crippen LogP contribution in [0.15, 0.2) is 18.2 Å². The van der Waals surface area contributed by atoms with Crippen molar-refractivity contribution in [2.45, 2.75) is 44.8 Å². The Balaban J connectivity index is 1.78. The van der Waals surface area contributed by atoms with Crippen LogP contribution in [-0.2, 0) is 4.79 Å². The van der Waals surface area contributed by atoms with Crippen molar-refractivity contribution < 1.29 is 28.2 Å². The molecule has 0 radical (unpaired) electrons. The van der Waals surface area contributed by atoms with Gasteiger partial charge in [0.15, 0.2) is 11.5 Å². The summed E-state index contributed by atoms with van der Waals surface area (Å²) in [6, 6.07) is 4.73. The van der Waals surface area contributed by atoms with E-state index in [1.807, 2.05) is 0 Å². The zero-order valence-electron chi connectivity index (χ0n) is 14.2. The molecular formula is C18H23F2NO4. The molecule has 7 heteroatoms. The van der Waals surface area contributed by atoms with Crippen LogP contribution >= 0.6 is 0 Å². The van der Waals surface area contributed by atoms with Gasteiger partial charge in [-0.25, -0.2) is 0 Å². The fraction of sp³-hybridized carbons (Fsp3) is 0.611. The van der Waals surface area contributed by atoms with Crippen molar-refractivity contribution in [2.24, 2.45) is 5.92 Å². The lowest BCUT2D eigenvalue weighted by molar-refractivity contribution is -0.130. The van der Waals surface area contributed by atoms with Crippen molar-refractivity contribution >= 4 is 5.91 Å². The molecular weight excluding hydrogens is 332 g/mol. The molecule has 2 aliphatic rings. The molecule has 1 aromatic carbocycles. The van der Waals surface area contributed by atoms with Crippen LogP contribution in [0.1, 0.15) is 37.7 Å². The summed E-state index contributed by atoms with van der Waals surface area (Å²) in [6.45, 7) is -0.528. The third-order valence-electron chi connectivity index (χ3n) is 4.86. The van der Waals surface area contributed by atoms with E-state index in [4.69, 9.17) is 4.74 Å². The minimum atomic E-state index is -2.91. The van der Waals surface area contributed by atoms with E-state index in [0.29, 0.717) is 31.2 Å². The Kier molecular flexibility index (Phi) is 5.42. The Labute approximate surface area is 145 Å². The van der Waals surface area contributed by atoms with E-state index in [1.165, 1.54) is 13.0 Å². The Hall–Kier alpha value is -1.89. The number of nitrogens with zero attached hydrogens (tertiary/aromatic N) is 1. The fourth-order valence-electron chi connectivity index (χ4n) is 3.29. The summed E-state index contributed by atoms with van der Waals surface area (Å²) in [5.74, 6) is 0.780. The van der Waals surface area contributed by atoms with Crippen LogP contribution in [-0.4, -0.2) is 48.3 Å². The Bertz CT molecular complexity index is 621. The number of alkyl halides is 2. The van der Waals surface area contributed by atoms with E-state index in [2.05, 4.69) is 4.74 Å². The first kappa shape index (κ1) is 17.9. The summed E-state index contributed by atoms with van der Waals surface area (Å²) in [5, 5.41) is 9.48. The van der Waals surface area contributed by atoms with Gasteiger partial charge in [-0.2, -0.15) is 8.78 Å². The second kappa shape index (κ2) is 7.56. The van der Waals surface area contributed by atoms with Crippen LogP contribution in [0, 0.1) is 5.92 Å². The van der Waals surface area contributed by atoms with E-state index >= 15 is 0 Å². The number of likely N-dealkylation sites (tertiary alicyclic amines) is 1. The summed E-state index contributed by atoms with van der Waals surface area (Å²) >= 11 is 0. The maximum Gasteiger partial charge on any atom is 0.387 e. The smallest absolute Gasteiger partial charge is 0.387 e. The minimum absolute atomic E-state index is 0.0273. The first-order valence-corrected chi connectivity index (χ1v) is 8.57. The first-order valence-electron chi connectivity index (χ1n) is 8.57. The third-order valence-corrected chi connectivity index (χ3v) is 4.86. The molecule has 1 aliphatic carbocycles. The SMILES string of the molecule is CC(=O)N1CC(c2ccc(OC(F)F)c(OCC3CC3)c2)C[C@H]1CO. The lowest BCUT2D eigenvalue weighted by atomic mass is 9.96. The molecule has 1 unspecified atom stereocenters. The van der Waals surface area contributed by atoms with Gasteiger partial charge in [-0.3, -0.25) is 4.79 Å². The average Bonchev–Trinajstić information content (AvgIpc) is 3.29. The molecule has 2 atom stereocenters. The summed E-state index contributed by atoms with van der Waals surface area (Å²) < 4.78 is 35.5. The molecule has 1 heterocycles. The van der Waals surface area contributed by atoms with Gasteiger partial charge in [-0.15, -0.1) is 0 Å². The molecule has 1 aromatic rings. The normalized spacial score (nSPS) is 23.2. The number of aliphatic hydroxyl groups excluding tert-OH is 1. The predicted octanol–water partition coefficient (Wildman–Crippen LogP) is 2.77. The first-order chi connectivity index (χ1) is 12.0. The van der Waals surface area contributed by atoms with Gasteiger partial charge in [-0.1, -0.05) is 6.07 Å². The van der Waals surface area contributed by atoms with Gasteiger partial charge >= 0.3 is 6.61 Å². The van der Waals surface area contributed by atoms with E-state index < -0.39 is 6.61 Å². The zero-order chi connectivity index (χ0) is 18.0. The number of hydrogen-bond acceptors (Lipinski definition) is 4. The van der Waals surface area contributed by atoms with Crippen LogP contribution in [0.4, 0.5) is 8.78 Å². The van der Waals surface area contributed by atoms with Crippen molar-refractivity contribution in [2.75, 3.05) is 19.8 Å². The van der Waals surface area contributed by atoms with Gasteiger partial charge in [0.25, 0.3) is 0 Å². The topological polar surface area (TPSA) is 59.0 Å². The standard InChI is InChI=1S/C18H23F2NO4/c1-11(23)21-8-14(6-15(21)9-22)13-4-5-16(25-18(19)20)17(7-13)24-10-12-2-3-12/h4-5,7,12,14-15,18,22H,2-3,6,8-10H2,1H3/t14?,15-/m0/s1. The monoisotopic (exact) mass is 355 g/mol.